The Morgan fingerprint density at radius 3 is 2.19 bits per heavy atom. The largest absolute Gasteiger partial charge is 0.369 e. The van der Waals surface area contributed by atoms with E-state index in [2.05, 4.69) is 35.8 Å². The average molecular weight is 403 g/mol. The summed E-state index contributed by atoms with van der Waals surface area (Å²) < 4.78 is 0. The highest BCUT2D eigenvalue weighted by Gasteiger charge is 2.26. The lowest BCUT2D eigenvalue weighted by atomic mass is 10.1. The van der Waals surface area contributed by atoms with Gasteiger partial charge in [-0.1, -0.05) is 0 Å². The molecule has 2 fully saturated rings. The number of piperazine rings is 1. The first-order valence-corrected chi connectivity index (χ1v) is 9.17. The molecule has 0 aliphatic carbocycles. The predicted octanol–water partition coefficient (Wildman–Crippen LogP) is 2.48. The van der Waals surface area contributed by atoms with Crippen molar-refractivity contribution in [1.29, 1.82) is 0 Å². The van der Waals surface area contributed by atoms with E-state index in [0.29, 0.717) is 18.5 Å². The molecule has 26 heavy (non-hydrogen) atoms. The van der Waals surface area contributed by atoms with Crippen molar-refractivity contribution in [2.24, 2.45) is 11.7 Å². The van der Waals surface area contributed by atoms with Crippen molar-refractivity contribution in [3.8, 4) is 0 Å². The van der Waals surface area contributed by atoms with Gasteiger partial charge in [-0.15, -0.1) is 24.8 Å². The molecule has 2 aliphatic rings. The van der Waals surface area contributed by atoms with E-state index in [1.54, 1.807) is 0 Å². The van der Waals surface area contributed by atoms with E-state index in [0.717, 1.165) is 51.3 Å². The Hall–Kier alpha value is -1.01. The van der Waals surface area contributed by atoms with Gasteiger partial charge in [0.05, 0.1) is 0 Å². The highest BCUT2D eigenvalue weighted by atomic mass is 35.5. The molecule has 2 saturated heterocycles. The quantitative estimate of drug-likeness (QED) is 0.840. The van der Waals surface area contributed by atoms with Gasteiger partial charge in [0, 0.05) is 56.6 Å². The first-order chi connectivity index (χ1) is 11.6. The molecular weight excluding hydrogens is 371 g/mol. The molecule has 5 nitrogen and oxygen atoms in total. The number of hydrogen-bond acceptors (Lipinski definition) is 4. The number of anilines is 1. The van der Waals surface area contributed by atoms with Crippen LogP contribution in [-0.4, -0.2) is 67.6 Å². The highest BCUT2D eigenvalue weighted by Crippen LogP contribution is 2.21. The van der Waals surface area contributed by atoms with Crippen molar-refractivity contribution < 1.29 is 4.79 Å². The number of carbonyl (C=O) groups is 1. The fraction of sp³-hybridized carbons (Fsp3) is 0.632. The van der Waals surface area contributed by atoms with E-state index in [1.165, 1.54) is 5.69 Å². The Kier molecular flexibility index (Phi) is 9.17. The van der Waals surface area contributed by atoms with Crippen LogP contribution in [0.4, 0.5) is 5.69 Å². The number of hydrogen-bond donors (Lipinski definition) is 1. The zero-order chi connectivity index (χ0) is 17.1. The molecule has 0 saturated carbocycles. The van der Waals surface area contributed by atoms with Gasteiger partial charge >= 0.3 is 0 Å². The van der Waals surface area contributed by atoms with Crippen molar-refractivity contribution in [2.75, 3.05) is 50.7 Å². The molecule has 148 valence electrons. The third-order valence-electron chi connectivity index (χ3n) is 5.43. The Balaban J connectivity index is 0.00000169. The zero-order valence-electron chi connectivity index (χ0n) is 15.8. The van der Waals surface area contributed by atoms with Crippen LogP contribution in [0.3, 0.4) is 0 Å². The molecule has 1 amide bonds. The molecule has 7 heteroatoms. The Morgan fingerprint density at radius 1 is 1.08 bits per heavy atom. The van der Waals surface area contributed by atoms with Crippen molar-refractivity contribution in [3.63, 3.8) is 0 Å². The van der Waals surface area contributed by atoms with Gasteiger partial charge in [-0.25, -0.2) is 0 Å². The SMILES string of the molecule is CC(C)N1CCN(c2ccc(C(=O)N3CCC(CN)C3)cc2)CC1.Cl.Cl. The van der Waals surface area contributed by atoms with Crippen LogP contribution in [0.25, 0.3) is 0 Å². The molecule has 1 aromatic carbocycles. The van der Waals surface area contributed by atoms with E-state index in [-0.39, 0.29) is 30.7 Å². The molecule has 0 spiro atoms. The molecule has 3 rings (SSSR count). The van der Waals surface area contributed by atoms with Crippen LogP contribution < -0.4 is 10.6 Å². The Bertz CT molecular complexity index is 559. The van der Waals surface area contributed by atoms with E-state index < -0.39 is 0 Å². The summed E-state index contributed by atoms with van der Waals surface area (Å²) in [4.78, 5) is 19.4. The molecule has 2 aliphatic heterocycles. The van der Waals surface area contributed by atoms with E-state index in [9.17, 15) is 4.79 Å². The minimum Gasteiger partial charge on any atom is -0.369 e. The van der Waals surface area contributed by atoms with Gasteiger partial charge < -0.3 is 15.5 Å². The molecule has 0 bridgehead atoms. The number of amides is 1. The Morgan fingerprint density at radius 2 is 1.69 bits per heavy atom. The predicted molar refractivity (Wildman–Crippen MR) is 113 cm³/mol. The van der Waals surface area contributed by atoms with Crippen LogP contribution in [0, 0.1) is 5.92 Å². The summed E-state index contributed by atoms with van der Waals surface area (Å²) >= 11 is 0. The maximum absolute atomic E-state index is 12.6. The van der Waals surface area contributed by atoms with Crippen LogP contribution in [0.5, 0.6) is 0 Å². The van der Waals surface area contributed by atoms with Gasteiger partial charge in [0.15, 0.2) is 0 Å². The van der Waals surface area contributed by atoms with Crippen LogP contribution in [0.2, 0.25) is 0 Å². The van der Waals surface area contributed by atoms with Crippen molar-refractivity contribution >= 4 is 36.4 Å². The summed E-state index contributed by atoms with van der Waals surface area (Å²) in [6.45, 7) is 11.1. The lowest BCUT2D eigenvalue weighted by Crippen LogP contribution is -2.48. The monoisotopic (exact) mass is 402 g/mol. The molecule has 1 atom stereocenters. The summed E-state index contributed by atoms with van der Waals surface area (Å²) in [5.41, 5.74) is 7.73. The second-order valence-corrected chi connectivity index (χ2v) is 7.31. The summed E-state index contributed by atoms with van der Waals surface area (Å²) in [5, 5.41) is 0. The normalized spacial score (nSPS) is 20.7. The van der Waals surface area contributed by atoms with Crippen LogP contribution in [-0.2, 0) is 0 Å². The number of benzene rings is 1. The van der Waals surface area contributed by atoms with Gasteiger partial charge in [-0.2, -0.15) is 0 Å². The number of rotatable bonds is 4. The summed E-state index contributed by atoms with van der Waals surface area (Å²) in [6, 6.07) is 8.75. The molecule has 1 unspecified atom stereocenters. The van der Waals surface area contributed by atoms with Gasteiger partial charge in [0.2, 0.25) is 0 Å². The van der Waals surface area contributed by atoms with E-state index >= 15 is 0 Å². The van der Waals surface area contributed by atoms with Crippen LogP contribution in [0.15, 0.2) is 24.3 Å². The maximum atomic E-state index is 12.6. The number of nitrogens with two attached hydrogens (primary N) is 1. The number of likely N-dealkylation sites (tertiary alicyclic amines) is 1. The summed E-state index contributed by atoms with van der Waals surface area (Å²) in [5.74, 6) is 0.604. The zero-order valence-corrected chi connectivity index (χ0v) is 17.4. The Labute approximate surface area is 169 Å². The summed E-state index contributed by atoms with van der Waals surface area (Å²) in [6.07, 6.45) is 1.03. The van der Waals surface area contributed by atoms with Crippen LogP contribution in [0.1, 0.15) is 30.6 Å². The van der Waals surface area contributed by atoms with Crippen LogP contribution >= 0.6 is 24.8 Å². The summed E-state index contributed by atoms with van der Waals surface area (Å²) in [7, 11) is 0. The first kappa shape index (κ1) is 23.0. The van der Waals surface area contributed by atoms with Crippen molar-refractivity contribution in [2.45, 2.75) is 26.3 Å². The number of carbonyl (C=O) groups excluding carboxylic acids is 1. The molecule has 0 radical (unpaired) electrons. The average Bonchev–Trinajstić information content (AvgIpc) is 3.10. The minimum atomic E-state index is 0. The second-order valence-electron chi connectivity index (χ2n) is 7.31. The molecule has 0 aromatic heterocycles. The third-order valence-corrected chi connectivity index (χ3v) is 5.43. The van der Waals surface area contributed by atoms with E-state index in [4.69, 9.17) is 5.73 Å². The van der Waals surface area contributed by atoms with Crippen molar-refractivity contribution in [1.82, 2.24) is 9.80 Å². The second kappa shape index (κ2) is 10.4. The van der Waals surface area contributed by atoms with Gasteiger partial charge in [0.1, 0.15) is 0 Å². The molecule has 2 heterocycles. The lowest BCUT2D eigenvalue weighted by Gasteiger charge is -2.38. The number of nitrogens with zero attached hydrogens (tertiary/aromatic N) is 3. The fourth-order valence-corrected chi connectivity index (χ4v) is 3.70. The maximum Gasteiger partial charge on any atom is 0.253 e. The van der Waals surface area contributed by atoms with Gasteiger partial charge in [-0.05, 0) is 57.0 Å². The van der Waals surface area contributed by atoms with Crippen molar-refractivity contribution in [3.05, 3.63) is 29.8 Å². The molecular formula is C19H32Cl2N4O. The van der Waals surface area contributed by atoms with Gasteiger partial charge in [-0.3, -0.25) is 9.69 Å². The minimum absolute atomic E-state index is 0. The highest BCUT2D eigenvalue weighted by molar-refractivity contribution is 5.94. The molecule has 1 aromatic rings. The fourth-order valence-electron chi connectivity index (χ4n) is 3.70. The van der Waals surface area contributed by atoms with E-state index in [1.807, 2.05) is 17.0 Å². The smallest absolute Gasteiger partial charge is 0.253 e. The third kappa shape index (κ3) is 5.26. The lowest BCUT2D eigenvalue weighted by molar-refractivity contribution is 0.0787. The van der Waals surface area contributed by atoms with Gasteiger partial charge in [0.25, 0.3) is 5.91 Å². The topological polar surface area (TPSA) is 52.8 Å². The standard InChI is InChI=1S/C19H30N4O.2ClH/c1-15(2)21-9-11-22(12-10-21)18-5-3-17(4-6-18)19(24)23-8-7-16(13-20)14-23;;/h3-6,15-16H,7-14,20H2,1-2H3;2*1H. The molecule has 2 N–H and O–H groups in total. The number of halogens is 2. The first-order valence-electron chi connectivity index (χ1n) is 9.17.